The first-order chi connectivity index (χ1) is 4.86. The SMILES string of the molecule is Nc1nc2nc[nH+]cc2[nH]1. The maximum atomic E-state index is 5.37. The van der Waals surface area contributed by atoms with Crippen molar-refractivity contribution in [3.63, 3.8) is 0 Å². The van der Waals surface area contributed by atoms with E-state index in [-0.39, 0.29) is 0 Å². The van der Waals surface area contributed by atoms with E-state index in [4.69, 9.17) is 5.73 Å². The Balaban J connectivity index is 2.88. The van der Waals surface area contributed by atoms with Crippen LogP contribution >= 0.6 is 0 Å². The van der Waals surface area contributed by atoms with Crippen molar-refractivity contribution in [1.82, 2.24) is 15.0 Å². The van der Waals surface area contributed by atoms with Gasteiger partial charge in [-0.15, -0.1) is 0 Å². The number of hydrogen-bond donors (Lipinski definition) is 2. The molecular formula is C5H6N5+. The van der Waals surface area contributed by atoms with Gasteiger partial charge in [-0.3, -0.25) is 0 Å². The van der Waals surface area contributed by atoms with Gasteiger partial charge in [-0.25, -0.2) is 4.98 Å². The van der Waals surface area contributed by atoms with E-state index in [1.807, 2.05) is 0 Å². The van der Waals surface area contributed by atoms with E-state index in [0.717, 1.165) is 5.52 Å². The van der Waals surface area contributed by atoms with E-state index >= 15 is 0 Å². The van der Waals surface area contributed by atoms with Gasteiger partial charge < -0.3 is 10.7 Å². The number of hydrogen-bond acceptors (Lipinski definition) is 3. The molecule has 5 heteroatoms. The van der Waals surface area contributed by atoms with Crippen LogP contribution in [0.5, 0.6) is 0 Å². The first-order valence-electron chi connectivity index (χ1n) is 2.83. The molecule has 4 N–H and O–H groups in total. The van der Waals surface area contributed by atoms with Crippen molar-refractivity contribution >= 4 is 17.1 Å². The Hall–Kier alpha value is -1.65. The zero-order valence-corrected chi connectivity index (χ0v) is 5.13. The summed E-state index contributed by atoms with van der Waals surface area (Å²) in [6.07, 6.45) is 3.31. The lowest BCUT2D eigenvalue weighted by molar-refractivity contribution is -0.380. The molecule has 0 saturated carbocycles. The fourth-order valence-corrected chi connectivity index (χ4v) is 0.814. The van der Waals surface area contributed by atoms with Crippen molar-refractivity contribution in [3.8, 4) is 0 Å². The van der Waals surface area contributed by atoms with Crippen molar-refractivity contribution in [2.24, 2.45) is 0 Å². The quantitative estimate of drug-likeness (QED) is 0.505. The Labute approximate surface area is 56.3 Å². The maximum absolute atomic E-state index is 5.37. The summed E-state index contributed by atoms with van der Waals surface area (Å²) < 4.78 is 0. The summed E-state index contributed by atoms with van der Waals surface area (Å²) in [4.78, 5) is 13.5. The highest BCUT2D eigenvalue weighted by Crippen LogP contribution is 2.04. The van der Waals surface area contributed by atoms with E-state index in [0.29, 0.717) is 11.6 Å². The van der Waals surface area contributed by atoms with Crippen molar-refractivity contribution < 1.29 is 4.98 Å². The molecule has 0 unspecified atom stereocenters. The van der Waals surface area contributed by atoms with Crippen molar-refractivity contribution in [2.75, 3.05) is 5.73 Å². The second kappa shape index (κ2) is 1.66. The Bertz CT molecular complexity index is 319. The van der Waals surface area contributed by atoms with Crippen molar-refractivity contribution in [3.05, 3.63) is 12.5 Å². The first-order valence-corrected chi connectivity index (χ1v) is 2.83. The number of fused-ring (bicyclic) bond motifs is 1. The van der Waals surface area contributed by atoms with Gasteiger partial charge in [-0.2, -0.15) is 4.98 Å². The normalized spacial score (nSPS) is 10.4. The second-order valence-electron chi connectivity index (χ2n) is 1.93. The summed E-state index contributed by atoms with van der Waals surface area (Å²) in [5.41, 5.74) is 6.82. The van der Waals surface area contributed by atoms with Crippen LogP contribution in [0.3, 0.4) is 0 Å². The molecule has 0 aromatic carbocycles. The number of anilines is 1. The molecule has 0 aliphatic carbocycles. The molecule has 0 bridgehead atoms. The zero-order chi connectivity index (χ0) is 6.97. The third-order valence-corrected chi connectivity index (χ3v) is 1.22. The van der Waals surface area contributed by atoms with Crippen LogP contribution < -0.4 is 10.7 Å². The minimum absolute atomic E-state index is 0.391. The lowest BCUT2D eigenvalue weighted by atomic mass is 10.6. The van der Waals surface area contributed by atoms with Crippen molar-refractivity contribution in [1.29, 1.82) is 0 Å². The predicted molar refractivity (Wildman–Crippen MR) is 34.9 cm³/mol. The third kappa shape index (κ3) is 0.604. The van der Waals surface area contributed by atoms with Crippen LogP contribution in [-0.2, 0) is 0 Å². The predicted octanol–water partition coefficient (Wildman–Crippen LogP) is -0.646. The van der Waals surface area contributed by atoms with E-state index in [1.54, 1.807) is 12.5 Å². The van der Waals surface area contributed by atoms with Crippen LogP contribution in [-0.4, -0.2) is 15.0 Å². The molecule has 0 amide bonds. The standard InChI is InChI=1S/C5H5N5/c6-5-9-3-1-7-2-8-4(3)10-5/h1-2H,(H3,6,7,8,9,10)/p+1. The molecule has 0 atom stereocenters. The molecule has 0 saturated heterocycles. The minimum Gasteiger partial charge on any atom is -0.369 e. The summed E-state index contributed by atoms with van der Waals surface area (Å²) in [6, 6.07) is 0. The monoisotopic (exact) mass is 136 g/mol. The summed E-state index contributed by atoms with van der Waals surface area (Å²) in [5.74, 6) is 0.391. The van der Waals surface area contributed by atoms with Crippen LogP contribution in [0.25, 0.3) is 11.2 Å². The topological polar surface area (TPSA) is 81.7 Å². The molecule has 50 valence electrons. The second-order valence-corrected chi connectivity index (χ2v) is 1.93. The average Bonchev–Trinajstić information content (AvgIpc) is 2.27. The van der Waals surface area contributed by atoms with Crippen LogP contribution in [0.1, 0.15) is 0 Å². The number of imidazole rings is 1. The van der Waals surface area contributed by atoms with Gasteiger partial charge in [0.15, 0.2) is 5.52 Å². The van der Waals surface area contributed by atoms with Crippen molar-refractivity contribution in [2.45, 2.75) is 0 Å². The molecule has 0 aliphatic rings. The maximum Gasteiger partial charge on any atom is 0.296 e. The smallest absolute Gasteiger partial charge is 0.296 e. The lowest BCUT2D eigenvalue weighted by Crippen LogP contribution is -1.99. The Kier molecular flexibility index (Phi) is 0.858. The highest BCUT2D eigenvalue weighted by Gasteiger charge is 2.03. The molecule has 0 fully saturated rings. The summed E-state index contributed by atoms with van der Waals surface area (Å²) >= 11 is 0. The van der Waals surface area contributed by atoms with E-state index in [1.165, 1.54) is 0 Å². The molecule has 0 radical (unpaired) electrons. The van der Waals surface area contributed by atoms with Gasteiger partial charge in [-0.1, -0.05) is 0 Å². The van der Waals surface area contributed by atoms with Gasteiger partial charge >= 0.3 is 0 Å². The van der Waals surface area contributed by atoms with E-state index in [2.05, 4.69) is 19.9 Å². The number of aromatic amines is 2. The fourth-order valence-electron chi connectivity index (χ4n) is 0.814. The molecule has 2 aromatic rings. The highest BCUT2D eigenvalue weighted by atomic mass is 15.1. The molecule has 2 heterocycles. The summed E-state index contributed by atoms with van der Waals surface area (Å²) in [5, 5.41) is 0. The molecule has 2 rings (SSSR count). The number of nitrogen functional groups attached to an aromatic ring is 1. The van der Waals surface area contributed by atoms with Gasteiger partial charge in [0.1, 0.15) is 6.20 Å². The van der Waals surface area contributed by atoms with Crippen LogP contribution in [0.15, 0.2) is 12.5 Å². The Morgan fingerprint density at radius 3 is 3.30 bits per heavy atom. The number of nitrogens with two attached hydrogens (primary N) is 1. The molecular weight excluding hydrogens is 130 g/mol. The minimum atomic E-state index is 0.391. The van der Waals surface area contributed by atoms with Crippen LogP contribution in [0.4, 0.5) is 5.95 Å². The van der Waals surface area contributed by atoms with E-state index < -0.39 is 0 Å². The van der Waals surface area contributed by atoms with Gasteiger partial charge in [-0.05, 0) is 4.98 Å². The summed E-state index contributed by atoms with van der Waals surface area (Å²) in [6.45, 7) is 0. The summed E-state index contributed by atoms with van der Waals surface area (Å²) in [7, 11) is 0. The average molecular weight is 136 g/mol. The molecule has 5 nitrogen and oxygen atoms in total. The van der Waals surface area contributed by atoms with Crippen LogP contribution in [0.2, 0.25) is 0 Å². The molecule has 10 heavy (non-hydrogen) atoms. The van der Waals surface area contributed by atoms with E-state index in [9.17, 15) is 0 Å². The lowest BCUT2D eigenvalue weighted by Gasteiger charge is -1.73. The zero-order valence-electron chi connectivity index (χ0n) is 5.13. The van der Waals surface area contributed by atoms with Gasteiger partial charge in [0, 0.05) is 0 Å². The number of H-pyrrole nitrogens is 2. The molecule has 0 spiro atoms. The first kappa shape index (κ1) is 5.16. The molecule has 2 aromatic heterocycles. The van der Waals surface area contributed by atoms with Gasteiger partial charge in [0.25, 0.3) is 12.0 Å². The third-order valence-electron chi connectivity index (χ3n) is 1.22. The fraction of sp³-hybridized carbons (Fsp3) is 0. The number of nitrogens with zero attached hydrogens (tertiary/aromatic N) is 2. The number of aromatic nitrogens is 4. The Morgan fingerprint density at radius 2 is 2.50 bits per heavy atom. The number of rotatable bonds is 0. The van der Waals surface area contributed by atoms with Crippen LogP contribution in [0, 0.1) is 0 Å². The van der Waals surface area contributed by atoms with Gasteiger partial charge in [0.05, 0.1) is 0 Å². The largest absolute Gasteiger partial charge is 0.369 e. The Morgan fingerprint density at radius 1 is 1.60 bits per heavy atom. The highest BCUT2D eigenvalue weighted by molar-refractivity contribution is 5.70. The molecule has 0 aliphatic heterocycles. The number of nitrogens with one attached hydrogen (secondary N) is 2. The van der Waals surface area contributed by atoms with Gasteiger partial charge in [0.2, 0.25) is 5.95 Å².